The minimum atomic E-state index is -7.37. The van der Waals surface area contributed by atoms with Crippen molar-refractivity contribution in [2.24, 2.45) is 0 Å². The molecule has 18 heteroatoms. The molecule has 0 aliphatic heterocycles. The summed E-state index contributed by atoms with van der Waals surface area (Å²) in [6.07, 6.45) is -7.13. The smallest absolute Gasteiger partial charge is 0.284 e. The van der Waals surface area contributed by atoms with E-state index in [2.05, 4.69) is 0 Å². The molecule has 0 aromatic carbocycles. The fourth-order valence-corrected chi connectivity index (χ4v) is 0.975. The van der Waals surface area contributed by atoms with E-state index in [1.807, 2.05) is 0 Å². The fraction of sp³-hybridized carbons (Fsp3) is 1.00. The Morgan fingerprint density at radius 2 is 0.957 bits per heavy atom. The summed E-state index contributed by atoms with van der Waals surface area (Å²) in [5.41, 5.74) is 0. The monoisotopic (exact) mass is 414 g/mol. The van der Waals surface area contributed by atoms with Gasteiger partial charge in [-0.1, -0.05) is 0 Å². The quantitative estimate of drug-likeness (QED) is 0.539. The third kappa shape index (κ3) is 5.31. The predicted octanol–water partition coefficient (Wildman–Crippen LogP) is 2.10. The van der Waals surface area contributed by atoms with Crippen LogP contribution in [-0.2, 0) is 20.2 Å². The molecule has 6 nitrogen and oxygen atoms in total. The van der Waals surface area contributed by atoms with Crippen molar-refractivity contribution < 1.29 is 69.8 Å². The molecular weight excluding hydrogens is 410 g/mol. The lowest BCUT2D eigenvalue weighted by molar-refractivity contribution is -0.382. The van der Waals surface area contributed by atoms with Crippen LogP contribution in [0.25, 0.3) is 0 Å². The van der Waals surface area contributed by atoms with Gasteiger partial charge in [0.15, 0.2) is 0 Å². The topological polar surface area (TPSA) is 109 Å². The third-order valence-corrected chi connectivity index (χ3v) is 2.76. The SMILES string of the molecule is O=S(=O)(O)C(F)(F)C(F)(F)C(F)(F)C(F)(F)F.O=S(=O)(O)CF. The summed E-state index contributed by atoms with van der Waals surface area (Å²) in [4.78, 5) is 0. The second-order valence-electron chi connectivity index (χ2n) is 3.33. The van der Waals surface area contributed by atoms with E-state index in [-0.39, 0.29) is 0 Å². The molecule has 0 aliphatic carbocycles. The normalized spacial score (nSPS) is 15.0. The molecule has 0 radical (unpaired) electrons. The average molecular weight is 414 g/mol. The van der Waals surface area contributed by atoms with Gasteiger partial charge < -0.3 is 0 Å². The third-order valence-electron chi connectivity index (χ3n) is 1.58. The van der Waals surface area contributed by atoms with Gasteiger partial charge in [-0.05, 0) is 0 Å². The summed E-state index contributed by atoms with van der Waals surface area (Å²) in [5, 5.41) is -7.00. The Morgan fingerprint density at radius 1 is 0.696 bits per heavy atom. The lowest BCUT2D eigenvalue weighted by Gasteiger charge is -2.31. The molecule has 23 heavy (non-hydrogen) atoms. The molecule has 0 unspecified atom stereocenters. The molecule has 142 valence electrons. The zero-order chi connectivity index (χ0) is 19.7. The summed E-state index contributed by atoms with van der Waals surface area (Å²) in [6, 6.07) is -1.70. The largest absolute Gasteiger partial charge is 0.460 e. The minimum absolute atomic E-state index is 1.70. The maximum Gasteiger partial charge on any atom is 0.460 e. The van der Waals surface area contributed by atoms with E-state index in [9.17, 15) is 60.7 Å². The summed E-state index contributed by atoms with van der Waals surface area (Å²) >= 11 is 0. The van der Waals surface area contributed by atoms with Crippen molar-refractivity contribution in [3.8, 4) is 0 Å². The first-order chi connectivity index (χ1) is 9.56. The number of alkyl halides is 10. The first-order valence-corrected chi connectivity index (χ1v) is 7.29. The molecule has 0 rings (SSSR count). The Hall–Kier alpha value is -0.880. The lowest BCUT2D eigenvalue weighted by atomic mass is 10.1. The van der Waals surface area contributed by atoms with Crippen LogP contribution in [0.5, 0.6) is 0 Å². The minimum Gasteiger partial charge on any atom is -0.284 e. The molecule has 0 aromatic rings. The van der Waals surface area contributed by atoms with Gasteiger partial charge in [0.2, 0.25) is 6.01 Å². The van der Waals surface area contributed by atoms with E-state index in [4.69, 9.17) is 9.11 Å². The number of hydrogen-bond donors (Lipinski definition) is 2. The van der Waals surface area contributed by atoms with Crippen molar-refractivity contribution in [2.75, 3.05) is 6.01 Å². The van der Waals surface area contributed by atoms with Crippen LogP contribution in [0.3, 0.4) is 0 Å². The van der Waals surface area contributed by atoms with Gasteiger partial charge >= 0.3 is 33.4 Å². The van der Waals surface area contributed by atoms with Gasteiger partial charge in [0.25, 0.3) is 10.1 Å². The Kier molecular flexibility index (Phi) is 6.94. The van der Waals surface area contributed by atoms with Gasteiger partial charge in [-0.25, -0.2) is 4.39 Å². The summed E-state index contributed by atoms with van der Waals surface area (Å²) in [6.45, 7) is 0. The molecule has 0 aromatic heterocycles. The molecule has 0 spiro atoms. The number of hydrogen-bond acceptors (Lipinski definition) is 4. The van der Waals surface area contributed by atoms with Crippen molar-refractivity contribution in [1.82, 2.24) is 0 Å². The van der Waals surface area contributed by atoms with Gasteiger partial charge in [0.05, 0.1) is 0 Å². The predicted molar refractivity (Wildman–Crippen MR) is 50.0 cm³/mol. The lowest BCUT2D eigenvalue weighted by Crippen LogP contribution is -2.63. The standard InChI is InChI=1S/C4HF9O3S.CH3FO3S/c5-1(6,3(9,10)11)2(7,8)4(12,13)17(14,15)16;2-1-6(3,4)5/h(H,14,15,16);1H2,(H,3,4,5). The van der Waals surface area contributed by atoms with Gasteiger partial charge in [-0.3, -0.25) is 9.11 Å². The molecule has 0 heterocycles. The van der Waals surface area contributed by atoms with Gasteiger partial charge in [0.1, 0.15) is 0 Å². The van der Waals surface area contributed by atoms with E-state index in [1.165, 1.54) is 0 Å². The van der Waals surface area contributed by atoms with Crippen LogP contribution < -0.4 is 0 Å². The average Bonchev–Trinajstić information content (AvgIpc) is 2.25. The van der Waals surface area contributed by atoms with Crippen molar-refractivity contribution in [2.45, 2.75) is 23.3 Å². The highest BCUT2D eigenvalue weighted by molar-refractivity contribution is 7.87. The first-order valence-electron chi connectivity index (χ1n) is 4.24. The number of halogens is 10. The summed E-state index contributed by atoms with van der Waals surface area (Å²) < 4.78 is 170. The van der Waals surface area contributed by atoms with E-state index >= 15 is 0 Å². The number of rotatable bonds is 4. The van der Waals surface area contributed by atoms with E-state index in [0.717, 1.165) is 0 Å². The van der Waals surface area contributed by atoms with Gasteiger partial charge in [0, 0.05) is 0 Å². The summed E-state index contributed by atoms with van der Waals surface area (Å²) in [5.74, 6) is -14.7. The maximum absolute atomic E-state index is 12.2. The molecule has 0 amide bonds. The highest BCUT2D eigenvalue weighted by Crippen LogP contribution is 2.54. The summed E-state index contributed by atoms with van der Waals surface area (Å²) in [7, 11) is -11.5. The van der Waals surface area contributed by atoms with Crippen molar-refractivity contribution in [3.05, 3.63) is 0 Å². The van der Waals surface area contributed by atoms with E-state index in [1.54, 1.807) is 0 Å². The molecule has 0 aliphatic rings. The fourth-order valence-electron chi connectivity index (χ4n) is 0.523. The van der Waals surface area contributed by atoms with Crippen LogP contribution in [0.2, 0.25) is 0 Å². The molecule has 0 saturated heterocycles. The van der Waals surface area contributed by atoms with Crippen molar-refractivity contribution in [1.29, 1.82) is 0 Å². The second-order valence-corrected chi connectivity index (χ2v) is 6.17. The Balaban J connectivity index is 0. The van der Waals surface area contributed by atoms with E-state index < -0.39 is 49.5 Å². The highest BCUT2D eigenvalue weighted by Gasteiger charge is 2.85. The van der Waals surface area contributed by atoms with Crippen LogP contribution in [0.15, 0.2) is 0 Å². The van der Waals surface area contributed by atoms with Gasteiger partial charge in [-0.15, -0.1) is 0 Å². The van der Waals surface area contributed by atoms with Crippen molar-refractivity contribution >= 4 is 20.2 Å². The van der Waals surface area contributed by atoms with Crippen LogP contribution in [-0.4, -0.2) is 55.2 Å². The molecule has 0 fully saturated rings. The molecule has 0 atom stereocenters. The van der Waals surface area contributed by atoms with Crippen LogP contribution in [0, 0.1) is 0 Å². The maximum atomic E-state index is 12.2. The molecule has 2 N–H and O–H groups in total. The highest BCUT2D eigenvalue weighted by atomic mass is 32.2. The van der Waals surface area contributed by atoms with E-state index in [0.29, 0.717) is 0 Å². The second kappa shape index (κ2) is 6.55. The molecule has 0 bridgehead atoms. The Morgan fingerprint density at radius 3 is 1.09 bits per heavy atom. The Bertz CT molecular complexity index is 604. The molecule has 0 saturated carbocycles. The van der Waals surface area contributed by atoms with Gasteiger partial charge in [-0.2, -0.15) is 56.3 Å². The molecular formula is C5H4F10O6S2. The Labute approximate surface area is 120 Å². The van der Waals surface area contributed by atoms with Crippen molar-refractivity contribution in [3.63, 3.8) is 0 Å². The van der Waals surface area contributed by atoms with Crippen LogP contribution in [0.4, 0.5) is 43.9 Å². The van der Waals surface area contributed by atoms with Crippen LogP contribution >= 0.6 is 0 Å². The van der Waals surface area contributed by atoms with Crippen LogP contribution in [0.1, 0.15) is 0 Å². The first kappa shape index (κ1) is 24.4. The zero-order valence-electron chi connectivity index (χ0n) is 9.83. The zero-order valence-corrected chi connectivity index (χ0v) is 11.5.